The van der Waals surface area contributed by atoms with Gasteiger partial charge in [-0.05, 0) is 50.8 Å². The number of ether oxygens (including phenoxy) is 1. The summed E-state index contributed by atoms with van der Waals surface area (Å²) in [7, 11) is -3.68. The molecule has 0 saturated carbocycles. The molecule has 1 aliphatic rings. The van der Waals surface area contributed by atoms with Crippen LogP contribution in [-0.2, 0) is 14.8 Å². The minimum absolute atomic E-state index is 0.0528. The van der Waals surface area contributed by atoms with Gasteiger partial charge in [-0.15, -0.1) is 0 Å². The molecule has 0 spiro atoms. The van der Waals surface area contributed by atoms with Crippen molar-refractivity contribution in [1.29, 1.82) is 0 Å². The van der Waals surface area contributed by atoms with E-state index in [2.05, 4.69) is 0 Å². The number of nitrogens with two attached hydrogens (primary N) is 1. The van der Waals surface area contributed by atoms with Crippen LogP contribution in [0.4, 0.5) is 5.69 Å². The van der Waals surface area contributed by atoms with Gasteiger partial charge in [0.05, 0.1) is 15.9 Å². The lowest BCUT2D eigenvalue weighted by Gasteiger charge is -2.31. The lowest BCUT2D eigenvalue weighted by molar-refractivity contribution is -0.385. The normalized spacial score (nSPS) is 16.9. The van der Waals surface area contributed by atoms with Gasteiger partial charge >= 0.3 is 0 Å². The summed E-state index contributed by atoms with van der Waals surface area (Å²) in [4.78, 5) is 10.6. The summed E-state index contributed by atoms with van der Waals surface area (Å²) < 4.78 is 33.1. The third-order valence-corrected chi connectivity index (χ3v) is 6.56. The predicted molar refractivity (Wildman–Crippen MR) is 94.0 cm³/mol. The smallest absolute Gasteiger partial charge is 0.270 e. The van der Waals surface area contributed by atoms with Crippen molar-refractivity contribution in [1.82, 2.24) is 4.31 Å². The Morgan fingerprint density at radius 3 is 2.32 bits per heavy atom. The number of non-ortho nitro benzene ring substituents is 1. The van der Waals surface area contributed by atoms with Gasteiger partial charge in [-0.2, -0.15) is 4.31 Å². The lowest BCUT2D eigenvalue weighted by atomic mass is 10.1. The molecule has 1 fully saturated rings. The molecule has 2 rings (SSSR count). The maximum atomic E-state index is 13.0. The zero-order valence-corrected chi connectivity index (χ0v) is 15.4. The van der Waals surface area contributed by atoms with Gasteiger partial charge < -0.3 is 10.5 Å². The van der Waals surface area contributed by atoms with E-state index in [1.165, 1.54) is 16.4 Å². The van der Waals surface area contributed by atoms with Crippen LogP contribution in [0.25, 0.3) is 0 Å². The van der Waals surface area contributed by atoms with Gasteiger partial charge in [-0.25, -0.2) is 8.42 Å². The van der Waals surface area contributed by atoms with E-state index < -0.39 is 14.9 Å². The minimum Gasteiger partial charge on any atom is -0.378 e. The summed E-state index contributed by atoms with van der Waals surface area (Å²) in [6.45, 7) is 5.11. The molecule has 25 heavy (non-hydrogen) atoms. The number of rotatable bonds is 7. The molecular weight excluding hydrogens is 346 g/mol. The van der Waals surface area contributed by atoms with E-state index in [9.17, 15) is 18.5 Å². The molecule has 8 nitrogen and oxygen atoms in total. The second-order valence-corrected chi connectivity index (χ2v) is 8.16. The number of hydrogen-bond acceptors (Lipinski definition) is 6. The molecule has 0 radical (unpaired) electrons. The van der Waals surface area contributed by atoms with Crippen molar-refractivity contribution in [3.63, 3.8) is 0 Å². The quantitative estimate of drug-likeness (QED) is 0.443. The van der Waals surface area contributed by atoms with Gasteiger partial charge in [0.25, 0.3) is 5.69 Å². The largest absolute Gasteiger partial charge is 0.378 e. The summed E-state index contributed by atoms with van der Waals surface area (Å²) in [5.41, 5.74) is 6.13. The second-order valence-electron chi connectivity index (χ2n) is 6.28. The van der Waals surface area contributed by atoms with Crippen molar-refractivity contribution in [3.05, 3.63) is 33.4 Å². The molecule has 2 N–H and O–H groups in total. The second kappa shape index (κ2) is 8.22. The maximum Gasteiger partial charge on any atom is 0.270 e. The highest BCUT2D eigenvalue weighted by Gasteiger charge is 2.32. The molecule has 0 bridgehead atoms. The average Bonchev–Trinajstić information content (AvgIpc) is 2.54. The number of nitrogens with zero attached hydrogens (tertiary/aromatic N) is 2. The van der Waals surface area contributed by atoms with Crippen molar-refractivity contribution in [2.45, 2.75) is 44.1 Å². The Kier molecular flexibility index (Phi) is 6.50. The number of sulfonamides is 1. The summed E-state index contributed by atoms with van der Waals surface area (Å²) >= 11 is 0. The lowest BCUT2D eigenvalue weighted by Crippen LogP contribution is -2.41. The van der Waals surface area contributed by atoms with E-state index >= 15 is 0 Å². The van der Waals surface area contributed by atoms with Gasteiger partial charge in [0.2, 0.25) is 10.0 Å². The fourth-order valence-electron chi connectivity index (χ4n) is 3.14. The molecule has 0 atom stereocenters. The predicted octanol–water partition coefficient (Wildman–Crippen LogP) is 1.73. The molecule has 140 valence electrons. The van der Waals surface area contributed by atoms with E-state index in [1.807, 2.05) is 0 Å². The SMILES string of the molecule is Cc1cc([N+](=O)[O-])cc(C)c1S(=O)(=O)N1CCC(OCCCN)CC1. The highest BCUT2D eigenvalue weighted by Crippen LogP contribution is 2.30. The summed E-state index contributed by atoms with van der Waals surface area (Å²) in [5, 5.41) is 10.9. The molecule has 1 aliphatic heterocycles. The van der Waals surface area contributed by atoms with Gasteiger partial charge in [0, 0.05) is 31.8 Å². The fraction of sp³-hybridized carbons (Fsp3) is 0.625. The first kappa shape index (κ1) is 19.8. The van der Waals surface area contributed by atoms with E-state index in [4.69, 9.17) is 10.5 Å². The number of nitro groups is 1. The van der Waals surface area contributed by atoms with Crippen molar-refractivity contribution in [3.8, 4) is 0 Å². The molecule has 1 saturated heterocycles. The van der Waals surface area contributed by atoms with E-state index in [0.29, 0.717) is 50.2 Å². The number of hydrogen-bond donors (Lipinski definition) is 1. The van der Waals surface area contributed by atoms with Crippen molar-refractivity contribution >= 4 is 15.7 Å². The van der Waals surface area contributed by atoms with Gasteiger partial charge in [0.1, 0.15) is 0 Å². The highest BCUT2D eigenvalue weighted by molar-refractivity contribution is 7.89. The first-order valence-corrected chi connectivity index (χ1v) is 9.79. The number of piperidine rings is 1. The first-order chi connectivity index (χ1) is 11.8. The molecule has 1 heterocycles. The van der Waals surface area contributed by atoms with E-state index in [0.717, 1.165) is 6.42 Å². The number of aryl methyl sites for hydroxylation is 2. The summed E-state index contributed by atoms with van der Waals surface area (Å²) in [5.74, 6) is 0. The molecule has 9 heteroatoms. The molecular formula is C16H25N3O5S. The highest BCUT2D eigenvalue weighted by atomic mass is 32.2. The average molecular weight is 371 g/mol. The monoisotopic (exact) mass is 371 g/mol. The Labute approximate surface area is 148 Å². The van der Waals surface area contributed by atoms with Crippen molar-refractivity contribution in [2.75, 3.05) is 26.2 Å². The zero-order valence-electron chi connectivity index (χ0n) is 14.6. The van der Waals surface area contributed by atoms with Crippen LogP contribution in [0.15, 0.2) is 17.0 Å². The van der Waals surface area contributed by atoms with Gasteiger partial charge in [-0.3, -0.25) is 10.1 Å². The Morgan fingerprint density at radius 2 is 1.84 bits per heavy atom. The molecule has 0 unspecified atom stereocenters. The van der Waals surface area contributed by atoms with Crippen molar-refractivity contribution < 1.29 is 18.1 Å². The first-order valence-electron chi connectivity index (χ1n) is 8.35. The molecule has 0 aliphatic carbocycles. The van der Waals surface area contributed by atoms with Gasteiger partial charge in [0.15, 0.2) is 0 Å². The van der Waals surface area contributed by atoms with Crippen LogP contribution < -0.4 is 5.73 Å². The standard InChI is InChI=1S/C16H25N3O5S/c1-12-10-14(19(20)21)11-13(2)16(12)25(22,23)18-7-4-15(5-8-18)24-9-3-6-17/h10-11,15H,3-9,17H2,1-2H3. The molecule has 1 aromatic rings. The number of nitro benzene ring substituents is 1. The fourth-order valence-corrected chi connectivity index (χ4v) is 5.02. The molecule has 1 aromatic carbocycles. The van der Waals surface area contributed by atoms with Gasteiger partial charge in [-0.1, -0.05) is 0 Å². The third-order valence-electron chi connectivity index (χ3n) is 4.36. The van der Waals surface area contributed by atoms with Crippen LogP contribution in [0.5, 0.6) is 0 Å². The Hall–Kier alpha value is -1.55. The maximum absolute atomic E-state index is 13.0. The summed E-state index contributed by atoms with van der Waals surface area (Å²) in [6, 6.07) is 2.62. The Bertz CT molecular complexity index is 704. The van der Waals surface area contributed by atoms with E-state index in [1.54, 1.807) is 13.8 Å². The van der Waals surface area contributed by atoms with Crippen LogP contribution in [0, 0.1) is 24.0 Å². The minimum atomic E-state index is -3.68. The van der Waals surface area contributed by atoms with Crippen molar-refractivity contribution in [2.24, 2.45) is 5.73 Å². The molecule has 0 aromatic heterocycles. The summed E-state index contributed by atoms with van der Waals surface area (Å²) in [6.07, 6.45) is 2.11. The van der Waals surface area contributed by atoms with Crippen LogP contribution >= 0.6 is 0 Å². The van der Waals surface area contributed by atoms with Crippen LogP contribution in [0.3, 0.4) is 0 Å². The topological polar surface area (TPSA) is 116 Å². The molecule has 0 amide bonds. The van der Waals surface area contributed by atoms with Crippen LogP contribution in [-0.4, -0.2) is 50.0 Å². The Morgan fingerprint density at radius 1 is 1.28 bits per heavy atom. The van der Waals surface area contributed by atoms with Crippen LogP contribution in [0.2, 0.25) is 0 Å². The number of benzene rings is 1. The zero-order chi connectivity index (χ0) is 18.6. The van der Waals surface area contributed by atoms with E-state index in [-0.39, 0.29) is 16.7 Å². The third kappa shape index (κ3) is 4.55. The Balaban J connectivity index is 2.14. The van der Waals surface area contributed by atoms with Crippen LogP contribution in [0.1, 0.15) is 30.4 Å².